The molecular formula is C13H17N5O. The first-order chi connectivity index (χ1) is 9.20. The first kappa shape index (κ1) is 12.0. The van der Waals surface area contributed by atoms with E-state index in [1.165, 1.54) is 0 Å². The molecule has 1 amide bonds. The van der Waals surface area contributed by atoms with Gasteiger partial charge in [-0.1, -0.05) is 6.92 Å². The second-order valence-electron chi connectivity index (χ2n) is 4.86. The molecule has 0 radical (unpaired) electrons. The molecule has 0 aliphatic carbocycles. The molecule has 0 bridgehead atoms. The molecule has 0 spiro atoms. The molecule has 6 nitrogen and oxygen atoms in total. The van der Waals surface area contributed by atoms with Gasteiger partial charge in [0.05, 0.1) is 6.20 Å². The Morgan fingerprint density at radius 1 is 1.47 bits per heavy atom. The Balaban J connectivity index is 2.06. The molecule has 1 atom stereocenters. The van der Waals surface area contributed by atoms with Crippen LogP contribution in [0.2, 0.25) is 0 Å². The summed E-state index contributed by atoms with van der Waals surface area (Å²) in [6.45, 7) is 2.91. The van der Waals surface area contributed by atoms with Gasteiger partial charge in [0.1, 0.15) is 5.82 Å². The molecule has 3 rings (SSSR count). The first-order valence-corrected chi connectivity index (χ1v) is 6.54. The van der Waals surface area contributed by atoms with Gasteiger partial charge in [0, 0.05) is 43.4 Å². The summed E-state index contributed by atoms with van der Waals surface area (Å²) in [6, 6.07) is 1.96. The van der Waals surface area contributed by atoms with Crippen molar-refractivity contribution in [1.29, 1.82) is 0 Å². The molecule has 2 aromatic heterocycles. The van der Waals surface area contributed by atoms with E-state index in [2.05, 4.69) is 22.4 Å². The van der Waals surface area contributed by atoms with E-state index < -0.39 is 0 Å². The zero-order valence-electron chi connectivity index (χ0n) is 11.1. The lowest BCUT2D eigenvalue weighted by atomic mass is 9.91. The van der Waals surface area contributed by atoms with Crippen molar-refractivity contribution < 1.29 is 4.79 Å². The van der Waals surface area contributed by atoms with Crippen LogP contribution in [0.5, 0.6) is 0 Å². The van der Waals surface area contributed by atoms with Crippen LogP contribution in [0.1, 0.15) is 36.9 Å². The predicted molar refractivity (Wildman–Crippen MR) is 70.8 cm³/mol. The van der Waals surface area contributed by atoms with Gasteiger partial charge in [-0.25, -0.2) is 4.68 Å². The zero-order chi connectivity index (χ0) is 13.4. The number of rotatable bonds is 3. The van der Waals surface area contributed by atoms with Crippen LogP contribution in [0.25, 0.3) is 0 Å². The van der Waals surface area contributed by atoms with Gasteiger partial charge in [-0.05, 0) is 12.5 Å². The highest BCUT2D eigenvalue weighted by Crippen LogP contribution is 2.36. The maximum Gasteiger partial charge on any atom is 0.226 e. The smallest absolute Gasteiger partial charge is 0.226 e. The van der Waals surface area contributed by atoms with Gasteiger partial charge >= 0.3 is 0 Å². The van der Waals surface area contributed by atoms with E-state index >= 15 is 0 Å². The van der Waals surface area contributed by atoms with Crippen molar-refractivity contribution in [2.24, 2.45) is 7.05 Å². The number of fused-ring (bicyclic) bond motifs is 1. The van der Waals surface area contributed by atoms with Crippen LogP contribution in [0.4, 0.5) is 5.82 Å². The van der Waals surface area contributed by atoms with Gasteiger partial charge in [-0.15, -0.1) is 0 Å². The summed E-state index contributed by atoms with van der Waals surface area (Å²) < 4.78 is 3.69. The molecule has 0 saturated heterocycles. The van der Waals surface area contributed by atoms with Crippen molar-refractivity contribution in [2.45, 2.75) is 32.2 Å². The van der Waals surface area contributed by atoms with Crippen LogP contribution in [0.3, 0.4) is 0 Å². The topological polar surface area (TPSA) is 64.7 Å². The van der Waals surface area contributed by atoms with Gasteiger partial charge in [-0.2, -0.15) is 10.2 Å². The Kier molecular flexibility index (Phi) is 2.85. The number of amides is 1. The molecule has 1 aliphatic rings. The fourth-order valence-electron chi connectivity index (χ4n) is 2.64. The number of nitrogens with zero attached hydrogens (tertiary/aromatic N) is 4. The highest BCUT2D eigenvalue weighted by atomic mass is 16.1. The normalized spacial score (nSPS) is 18.2. The molecule has 6 heteroatoms. The van der Waals surface area contributed by atoms with Crippen LogP contribution >= 0.6 is 0 Å². The lowest BCUT2D eigenvalue weighted by Gasteiger charge is -2.23. The Hall–Kier alpha value is -2.11. The number of nitrogens with one attached hydrogen (secondary N) is 1. The molecule has 1 N–H and O–H groups in total. The van der Waals surface area contributed by atoms with Crippen molar-refractivity contribution in [1.82, 2.24) is 19.6 Å². The third-order valence-corrected chi connectivity index (χ3v) is 3.54. The van der Waals surface area contributed by atoms with E-state index in [1.807, 2.05) is 28.7 Å². The van der Waals surface area contributed by atoms with E-state index in [0.29, 0.717) is 6.42 Å². The van der Waals surface area contributed by atoms with Gasteiger partial charge in [0.15, 0.2) is 0 Å². The molecule has 0 fully saturated rings. The van der Waals surface area contributed by atoms with Gasteiger partial charge in [-0.3, -0.25) is 9.48 Å². The summed E-state index contributed by atoms with van der Waals surface area (Å²) in [5.74, 6) is 0.919. The number of anilines is 1. The summed E-state index contributed by atoms with van der Waals surface area (Å²) in [5, 5.41) is 11.5. The minimum Gasteiger partial charge on any atom is -0.311 e. The fraction of sp³-hybridized carbons (Fsp3) is 0.462. The van der Waals surface area contributed by atoms with Crippen molar-refractivity contribution in [3.8, 4) is 0 Å². The average Bonchev–Trinajstić information content (AvgIpc) is 2.96. The van der Waals surface area contributed by atoms with Gasteiger partial charge in [0.2, 0.25) is 5.91 Å². The molecule has 0 saturated carbocycles. The zero-order valence-corrected chi connectivity index (χ0v) is 11.1. The summed E-state index contributed by atoms with van der Waals surface area (Å²) in [4.78, 5) is 11.9. The summed E-state index contributed by atoms with van der Waals surface area (Å²) in [6.07, 6.45) is 5.06. The maximum absolute atomic E-state index is 11.9. The third kappa shape index (κ3) is 1.93. The van der Waals surface area contributed by atoms with Gasteiger partial charge < -0.3 is 5.32 Å². The average molecular weight is 259 g/mol. The van der Waals surface area contributed by atoms with E-state index in [0.717, 1.165) is 30.0 Å². The van der Waals surface area contributed by atoms with E-state index in [9.17, 15) is 4.79 Å². The van der Waals surface area contributed by atoms with E-state index in [-0.39, 0.29) is 11.8 Å². The number of hydrogen-bond donors (Lipinski definition) is 1. The van der Waals surface area contributed by atoms with E-state index in [4.69, 9.17) is 0 Å². The third-order valence-electron chi connectivity index (χ3n) is 3.54. The Labute approximate surface area is 111 Å². The number of aryl methyl sites for hydroxylation is 2. The summed E-state index contributed by atoms with van der Waals surface area (Å²) in [7, 11) is 1.90. The van der Waals surface area contributed by atoms with Crippen LogP contribution in [0, 0.1) is 0 Å². The lowest BCUT2D eigenvalue weighted by Crippen LogP contribution is -2.25. The first-order valence-electron chi connectivity index (χ1n) is 6.54. The molecular weight excluding hydrogens is 242 g/mol. The van der Waals surface area contributed by atoms with Crippen molar-refractivity contribution in [3.63, 3.8) is 0 Å². The quantitative estimate of drug-likeness (QED) is 0.908. The Bertz CT molecular complexity index is 612. The fourth-order valence-corrected chi connectivity index (χ4v) is 2.64. The molecule has 19 heavy (non-hydrogen) atoms. The highest BCUT2D eigenvalue weighted by Gasteiger charge is 2.31. The maximum atomic E-state index is 11.9. The lowest BCUT2D eigenvalue weighted by molar-refractivity contribution is -0.116. The monoisotopic (exact) mass is 259 g/mol. The minimum absolute atomic E-state index is 0.0385. The highest BCUT2D eigenvalue weighted by molar-refractivity contribution is 5.94. The van der Waals surface area contributed by atoms with Crippen LogP contribution in [-0.2, 0) is 18.4 Å². The molecule has 1 unspecified atom stereocenters. The largest absolute Gasteiger partial charge is 0.311 e. The van der Waals surface area contributed by atoms with Crippen molar-refractivity contribution in [2.75, 3.05) is 5.32 Å². The Morgan fingerprint density at radius 3 is 3.00 bits per heavy atom. The van der Waals surface area contributed by atoms with Crippen LogP contribution < -0.4 is 5.32 Å². The second-order valence-corrected chi connectivity index (χ2v) is 4.86. The number of carbonyl (C=O) groups is 1. The minimum atomic E-state index is 0.0385. The number of hydrogen-bond acceptors (Lipinski definition) is 3. The summed E-state index contributed by atoms with van der Waals surface area (Å²) in [5.41, 5.74) is 2.13. The molecule has 0 aromatic carbocycles. The second kappa shape index (κ2) is 4.53. The predicted octanol–water partition coefficient (Wildman–Crippen LogP) is 1.50. The molecule has 3 heterocycles. The van der Waals surface area contributed by atoms with E-state index in [1.54, 1.807) is 6.20 Å². The molecule has 2 aromatic rings. The van der Waals surface area contributed by atoms with Crippen molar-refractivity contribution >= 4 is 11.7 Å². The van der Waals surface area contributed by atoms with Crippen LogP contribution in [-0.4, -0.2) is 25.5 Å². The molecule has 100 valence electrons. The van der Waals surface area contributed by atoms with Crippen LogP contribution in [0.15, 0.2) is 18.5 Å². The van der Waals surface area contributed by atoms with Crippen molar-refractivity contribution in [3.05, 3.63) is 29.7 Å². The SMILES string of the molecule is CCCn1ncc2c1NC(=O)CC2c1ccnn1C. The Morgan fingerprint density at radius 2 is 2.32 bits per heavy atom. The number of carbonyl (C=O) groups excluding carboxylic acids is 1. The van der Waals surface area contributed by atoms with Gasteiger partial charge in [0.25, 0.3) is 0 Å². The standard InChI is InChI=1S/C13H17N5O/c1-3-6-18-13-10(8-15-18)9(7-12(19)16-13)11-4-5-14-17(11)2/h4-5,8-9H,3,6-7H2,1-2H3,(H,16,19). The summed E-state index contributed by atoms with van der Waals surface area (Å²) >= 11 is 0. The number of aromatic nitrogens is 4. The molecule has 1 aliphatic heterocycles.